The second-order valence-corrected chi connectivity index (χ2v) is 4.44. The van der Waals surface area contributed by atoms with Gasteiger partial charge in [-0.1, -0.05) is 6.92 Å². The summed E-state index contributed by atoms with van der Waals surface area (Å²) in [5, 5.41) is 13.3. The van der Waals surface area contributed by atoms with Gasteiger partial charge in [0.15, 0.2) is 0 Å². The Hall–Kier alpha value is -0.480. The monoisotopic (exact) mass is 200 g/mol. The van der Waals surface area contributed by atoms with E-state index in [1.54, 1.807) is 11.8 Å². The molecule has 0 bridgehead atoms. The molecule has 0 fully saturated rings. The number of aliphatic hydroxyl groups excluding tert-OH is 1. The molecule has 0 saturated heterocycles. The number of aromatic nitrogens is 2. The number of aryl methyl sites for hydroxylation is 1. The average molecular weight is 200 g/mol. The molecule has 0 spiro atoms. The lowest BCUT2D eigenvalue weighted by Crippen LogP contribution is -2.01. The van der Waals surface area contributed by atoms with E-state index in [9.17, 15) is 0 Å². The van der Waals surface area contributed by atoms with Gasteiger partial charge in [-0.25, -0.2) is 0 Å². The highest BCUT2D eigenvalue weighted by atomic mass is 32.2. The van der Waals surface area contributed by atoms with E-state index in [1.807, 2.05) is 17.8 Å². The van der Waals surface area contributed by atoms with Crippen molar-refractivity contribution >= 4 is 11.8 Å². The molecule has 13 heavy (non-hydrogen) atoms. The second kappa shape index (κ2) is 5.29. The summed E-state index contributed by atoms with van der Waals surface area (Å²) in [4.78, 5) is 0. The maximum absolute atomic E-state index is 8.82. The zero-order valence-corrected chi connectivity index (χ0v) is 8.92. The molecule has 0 aliphatic heterocycles. The first-order valence-electron chi connectivity index (χ1n) is 4.50. The molecule has 0 aliphatic rings. The van der Waals surface area contributed by atoms with Crippen LogP contribution in [0.15, 0.2) is 12.4 Å². The first-order chi connectivity index (χ1) is 6.26. The van der Waals surface area contributed by atoms with Crippen LogP contribution in [0, 0.1) is 0 Å². The molecular weight excluding hydrogens is 184 g/mol. The van der Waals surface area contributed by atoms with Crippen molar-refractivity contribution in [2.45, 2.75) is 31.4 Å². The zero-order chi connectivity index (χ0) is 9.68. The van der Waals surface area contributed by atoms with Gasteiger partial charge in [0.1, 0.15) is 0 Å². The summed E-state index contributed by atoms with van der Waals surface area (Å²) in [5.74, 6) is 0.932. The highest BCUT2D eigenvalue weighted by molar-refractivity contribution is 7.99. The first-order valence-corrected chi connectivity index (χ1v) is 5.55. The van der Waals surface area contributed by atoms with Crippen molar-refractivity contribution in [2.75, 3.05) is 6.61 Å². The molecule has 1 heterocycles. The van der Waals surface area contributed by atoms with Gasteiger partial charge in [0.25, 0.3) is 0 Å². The molecule has 0 radical (unpaired) electrons. The fraction of sp³-hybridized carbons (Fsp3) is 0.667. The van der Waals surface area contributed by atoms with Crippen LogP contribution in [-0.4, -0.2) is 26.7 Å². The van der Waals surface area contributed by atoms with Gasteiger partial charge in [0.05, 0.1) is 12.8 Å². The minimum Gasteiger partial charge on any atom is -0.395 e. The van der Waals surface area contributed by atoms with E-state index in [0.29, 0.717) is 5.25 Å². The van der Waals surface area contributed by atoms with Crippen LogP contribution < -0.4 is 0 Å². The molecule has 0 saturated carbocycles. The maximum atomic E-state index is 8.82. The van der Waals surface area contributed by atoms with Crippen LogP contribution >= 0.6 is 11.8 Å². The molecule has 0 aromatic carbocycles. The standard InChI is InChI=1S/C9H16N2OS/c1-3-11-5-9(4-10-11)7-13-8(2)6-12/h4-5,8,12H,3,6-7H2,1-2H3. The molecule has 1 aromatic rings. The summed E-state index contributed by atoms with van der Waals surface area (Å²) in [7, 11) is 0. The third-order valence-electron chi connectivity index (χ3n) is 1.80. The van der Waals surface area contributed by atoms with Crippen LogP contribution in [0.5, 0.6) is 0 Å². The molecule has 0 amide bonds. The van der Waals surface area contributed by atoms with Gasteiger partial charge in [-0.3, -0.25) is 4.68 Å². The summed E-state index contributed by atoms with van der Waals surface area (Å²) >= 11 is 1.75. The molecule has 1 aromatic heterocycles. The summed E-state index contributed by atoms with van der Waals surface area (Å²) in [6, 6.07) is 0. The predicted octanol–water partition coefficient (Wildman–Crippen LogP) is 1.52. The number of rotatable bonds is 5. The van der Waals surface area contributed by atoms with E-state index in [-0.39, 0.29) is 6.61 Å². The summed E-state index contributed by atoms with van der Waals surface area (Å²) in [6.07, 6.45) is 3.94. The van der Waals surface area contributed by atoms with E-state index in [2.05, 4.69) is 18.2 Å². The Morgan fingerprint density at radius 2 is 2.46 bits per heavy atom. The zero-order valence-electron chi connectivity index (χ0n) is 8.10. The average Bonchev–Trinajstić information content (AvgIpc) is 2.61. The lowest BCUT2D eigenvalue weighted by atomic mass is 10.4. The third-order valence-corrected chi connectivity index (χ3v) is 3.02. The molecule has 1 atom stereocenters. The smallest absolute Gasteiger partial charge is 0.0547 e. The van der Waals surface area contributed by atoms with Crippen LogP contribution in [0.2, 0.25) is 0 Å². The molecule has 0 aliphatic carbocycles. The molecule has 4 heteroatoms. The lowest BCUT2D eigenvalue weighted by Gasteiger charge is -2.04. The van der Waals surface area contributed by atoms with Gasteiger partial charge >= 0.3 is 0 Å². The quantitative estimate of drug-likeness (QED) is 0.783. The van der Waals surface area contributed by atoms with Gasteiger partial charge in [0, 0.05) is 23.7 Å². The Morgan fingerprint density at radius 3 is 3.00 bits per heavy atom. The molecule has 1 rings (SSSR count). The van der Waals surface area contributed by atoms with Crippen LogP contribution in [0.3, 0.4) is 0 Å². The minimum absolute atomic E-state index is 0.243. The topological polar surface area (TPSA) is 38.0 Å². The largest absolute Gasteiger partial charge is 0.395 e. The highest BCUT2D eigenvalue weighted by Crippen LogP contribution is 2.16. The van der Waals surface area contributed by atoms with E-state index < -0.39 is 0 Å². The Labute approximate surface area is 83.1 Å². The fourth-order valence-corrected chi connectivity index (χ4v) is 1.68. The van der Waals surface area contributed by atoms with Gasteiger partial charge in [-0.2, -0.15) is 16.9 Å². The lowest BCUT2D eigenvalue weighted by molar-refractivity contribution is 0.300. The summed E-state index contributed by atoms with van der Waals surface area (Å²) in [5.41, 5.74) is 1.23. The SMILES string of the molecule is CCn1cc(CSC(C)CO)cn1. The van der Waals surface area contributed by atoms with Gasteiger partial charge in [-0.15, -0.1) is 0 Å². The van der Waals surface area contributed by atoms with Crippen molar-refractivity contribution in [1.82, 2.24) is 9.78 Å². The maximum Gasteiger partial charge on any atom is 0.0547 e. The van der Waals surface area contributed by atoms with Gasteiger partial charge in [-0.05, 0) is 12.5 Å². The van der Waals surface area contributed by atoms with Crippen molar-refractivity contribution in [1.29, 1.82) is 0 Å². The Morgan fingerprint density at radius 1 is 1.69 bits per heavy atom. The van der Waals surface area contributed by atoms with Gasteiger partial charge < -0.3 is 5.11 Å². The number of hydrogen-bond acceptors (Lipinski definition) is 3. The van der Waals surface area contributed by atoms with Crippen molar-refractivity contribution in [3.05, 3.63) is 18.0 Å². The molecular formula is C9H16N2OS. The summed E-state index contributed by atoms with van der Waals surface area (Å²) < 4.78 is 1.92. The number of aliphatic hydroxyl groups is 1. The first kappa shape index (κ1) is 10.6. The van der Waals surface area contributed by atoms with Crippen molar-refractivity contribution in [2.24, 2.45) is 0 Å². The second-order valence-electron chi connectivity index (χ2n) is 3.01. The van der Waals surface area contributed by atoms with Crippen molar-refractivity contribution < 1.29 is 5.11 Å². The highest BCUT2D eigenvalue weighted by Gasteiger charge is 2.02. The molecule has 1 unspecified atom stereocenters. The van der Waals surface area contributed by atoms with Gasteiger partial charge in [0.2, 0.25) is 0 Å². The molecule has 1 N–H and O–H groups in total. The van der Waals surface area contributed by atoms with E-state index in [1.165, 1.54) is 5.56 Å². The van der Waals surface area contributed by atoms with Crippen molar-refractivity contribution in [3.63, 3.8) is 0 Å². The summed E-state index contributed by atoms with van der Waals surface area (Å²) in [6.45, 7) is 5.25. The Bertz CT molecular complexity index is 250. The third kappa shape index (κ3) is 3.40. The predicted molar refractivity (Wildman–Crippen MR) is 55.7 cm³/mol. The minimum atomic E-state index is 0.243. The molecule has 74 valence electrons. The van der Waals surface area contributed by atoms with Crippen LogP contribution in [-0.2, 0) is 12.3 Å². The van der Waals surface area contributed by atoms with E-state index in [4.69, 9.17) is 5.11 Å². The van der Waals surface area contributed by atoms with Crippen LogP contribution in [0.4, 0.5) is 0 Å². The van der Waals surface area contributed by atoms with Crippen molar-refractivity contribution in [3.8, 4) is 0 Å². The number of hydrogen-bond donors (Lipinski definition) is 1. The fourth-order valence-electron chi connectivity index (χ4n) is 0.945. The normalized spacial score (nSPS) is 13.2. The Balaban J connectivity index is 2.36. The van der Waals surface area contributed by atoms with E-state index >= 15 is 0 Å². The number of nitrogens with zero attached hydrogens (tertiary/aromatic N) is 2. The molecule has 3 nitrogen and oxygen atoms in total. The Kier molecular flexibility index (Phi) is 4.32. The van der Waals surface area contributed by atoms with E-state index in [0.717, 1.165) is 12.3 Å². The number of thioether (sulfide) groups is 1. The van der Waals surface area contributed by atoms with Crippen LogP contribution in [0.25, 0.3) is 0 Å². The van der Waals surface area contributed by atoms with Crippen LogP contribution in [0.1, 0.15) is 19.4 Å².